The second-order valence-electron chi connectivity index (χ2n) is 4.35. The topological polar surface area (TPSA) is 42.6 Å². The van der Waals surface area contributed by atoms with Crippen LogP contribution < -0.4 is 5.32 Å². The average Bonchev–Trinajstić information content (AvgIpc) is 2.73. The number of benzene rings is 1. The lowest BCUT2D eigenvalue weighted by Gasteiger charge is -2.17. The Bertz CT molecular complexity index is 503. The summed E-state index contributed by atoms with van der Waals surface area (Å²) >= 11 is 0. The first-order valence-corrected chi connectivity index (χ1v) is 5.71. The van der Waals surface area contributed by atoms with Crippen LogP contribution in [0.1, 0.15) is 24.5 Å². The molecule has 1 aromatic carbocycles. The number of piperidine rings is 1. The van der Waals surface area contributed by atoms with Crippen molar-refractivity contribution in [2.24, 2.45) is 0 Å². The van der Waals surface area contributed by atoms with Gasteiger partial charge in [-0.1, -0.05) is 5.16 Å². The fourth-order valence-electron chi connectivity index (χ4n) is 2.43. The van der Waals surface area contributed by atoms with Crippen LogP contribution in [0.5, 0.6) is 0 Å². The Morgan fingerprint density at radius 1 is 1.31 bits per heavy atom. The van der Waals surface area contributed by atoms with Crippen LogP contribution in [0.3, 0.4) is 0 Å². The van der Waals surface area contributed by atoms with Crippen LogP contribution in [-0.4, -0.2) is 18.2 Å². The van der Waals surface area contributed by atoms with Crippen molar-refractivity contribution in [2.75, 3.05) is 13.1 Å². The zero-order chi connectivity index (χ0) is 11.0. The molecule has 0 bridgehead atoms. The smallest absolute Gasteiger partial charge is 0.170 e. The highest BCUT2D eigenvalue weighted by atomic mass is 19.1. The molecule has 0 unspecified atom stereocenters. The van der Waals surface area contributed by atoms with Crippen LogP contribution in [0.25, 0.3) is 11.0 Å². The molecule has 4 heteroatoms. The summed E-state index contributed by atoms with van der Waals surface area (Å²) in [6, 6.07) is 4.65. The van der Waals surface area contributed by atoms with Gasteiger partial charge in [0.2, 0.25) is 0 Å². The summed E-state index contributed by atoms with van der Waals surface area (Å²) in [4.78, 5) is 0. The molecule has 0 saturated carbocycles. The predicted molar refractivity (Wildman–Crippen MR) is 57.6 cm³/mol. The van der Waals surface area contributed by atoms with Gasteiger partial charge in [-0.25, -0.2) is 4.39 Å². The molecule has 2 aromatic rings. The lowest BCUT2D eigenvalue weighted by molar-refractivity contribution is -0.663. The molecule has 2 heterocycles. The highest BCUT2D eigenvalue weighted by Crippen LogP contribution is 2.29. The van der Waals surface area contributed by atoms with Gasteiger partial charge in [-0.05, 0) is 12.1 Å². The first-order chi connectivity index (χ1) is 7.84. The molecule has 3 rings (SSSR count). The SMILES string of the molecule is Fc1ccc2c(C3CC[NH2+]CC3)noc2c1. The van der Waals surface area contributed by atoms with E-state index in [2.05, 4.69) is 10.5 Å². The fourth-order valence-corrected chi connectivity index (χ4v) is 2.43. The second kappa shape index (κ2) is 3.87. The predicted octanol–water partition coefficient (Wildman–Crippen LogP) is 1.41. The molecule has 2 N–H and O–H groups in total. The van der Waals surface area contributed by atoms with E-state index in [0.717, 1.165) is 37.0 Å². The van der Waals surface area contributed by atoms with E-state index in [9.17, 15) is 4.39 Å². The normalized spacial score (nSPS) is 18.1. The summed E-state index contributed by atoms with van der Waals surface area (Å²) in [5, 5.41) is 7.39. The van der Waals surface area contributed by atoms with Gasteiger partial charge in [0.05, 0.1) is 18.8 Å². The van der Waals surface area contributed by atoms with Crippen molar-refractivity contribution in [3.63, 3.8) is 0 Å². The summed E-state index contributed by atoms with van der Waals surface area (Å²) in [5.41, 5.74) is 1.56. The van der Waals surface area contributed by atoms with Gasteiger partial charge in [0.1, 0.15) is 5.82 Å². The quantitative estimate of drug-likeness (QED) is 0.791. The van der Waals surface area contributed by atoms with E-state index in [1.165, 1.54) is 12.1 Å². The van der Waals surface area contributed by atoms with Crippen molar-refractivity contribution in [3.05, 3.63) is 29.7 Å². The van der Waals surface area contributed by atoms with Crippen LogP contribution in [-0.2, 0) is 0 Å². The summed E-state index contributed by atoms with van der Waals surface area (Å²) in [5.74, 6) is 0.198. The summed E-state index contributed by atoms with van der Waals surface area (Å²) in [7, 11) is 0. The minimum absolute atomic E-state index is 0.271. The third-order valence-electron chi connectivity index (χ3n) is 3.29. The molecule has 1 aromatic heterocycles. The van der Waals surface area contributed by atoms with Crippen LogP contribution in [0.2, 0.25) is 0 Å². The van der Waals surface area contributed by atoms with Gasteiger partial charge >= 0.3 is 0 Å². The molecule has 0 aliphatic carbocycles. The van der Waals surface area contributed by atoms with E-state index in [0.29, 0.717) is 11.5 Å². The Kier molecular flexibility index (Phi) is 2.36. The van der Waals surface area contributed by atoms with Gasteiger partial charge in [-0.2, -0.15) is 0 Å². The Balaban J connectivity index is 2.03. The van der Waals surface area contributed by atoms with Crippen molar-refractivity contribution in [2.45, 2.75) is 18.8 Å². The molecular formula is C12H14FN2O+. The van der Waals surface area contributed by atoms with E-state index in [1.54, 1.807) is 6.07 Å². The number of halogens is 1. The monoisotopic (exact) mass is 221 g/mol. The number of rotatable bonds is 1. The minimum Gasteiger partial charge on any atom is -0.356 e. The number of nitrogens with zero attached hydrogens (tertiary/aromatic N) is 1. The zero-order valence-corrected chi connectivity index (χ0v) is 8.95. The lowest BCUT2D eigenvalue weighted by atomic mass is 9.93. The third kappa shape index (κ3) is 1.59. The van der Waals surface area contributed by atoms with E-state index < -0.39 is 0 Å². The number of quaternary nitrogens is 1. The number of fused-ring (bicyclic) bond motifs is 1. The summed E-state index contributed by atoms with van der Waals surface area (Å²) in [6.07, 6.45) is 2.25. The van der Waals surface area contributed by atoms with Gasteiger partial charge in [0.25, 0.3) is 0 Å². The van der Waals surface area contributed by atoms with Gasteiger partial charge in [0, 0.05) is 30.2 Å². The number of hydrogen-bond donors (Lipinski definition) is 1. The molecular weight excluding hydrogens is 207 g/mol. The van der Waals surface area contributed by atoms with Crippen molar-refractivity contribution in [1.82, 2.24) is 5.16 Å². The molecule has 1 aliphatic heterocycles. The second-order valence-corrected chi connectivity index (χ2v) is 4.35. The van der Waals surface area contributed by atoms with E-state index >= 15 is 0 Å². The van der Waals surface area contributed by atoms with Crippen molar-refractivity contribution < 1.29 is 14.2 Å². The molecule has 0 spiro atoms. The Hall–Kier alpha value is -1.42. The first kappa shape index (κ1) is 9.78. The Morgan fingerprint density at radius 3 is 2.94 bits per heavy atom. The van der Waals surface area contributed by atoms with Crippen LogP contribution in [0.15, 0.2) is 22.7 Å². The summed E-state index contributed by atoms with van der Waals surface area (Å²) in [6.45, 7) is 2.28. The zero-order valence-electron chi connectivity index (χ0n) is 8.95. The lowest BCUT2D eigenvalue weighted by Crippen LogP contribution is -2.86. The summed E-state index contributed by atoms with van der Waals surface area (Å²) < 4.78 is 18.2. The van der Waals surface area contributed by atoms with E-state index in [4.69, 9.17) is 4.52 Å². The number of hydrogen-bond acceptors (Lipinski definition) is 2. The highest BCUT2D eigenvalue weighted by Gasteiger charge is 2.23. The maximum Gasteiger partial charge on any atom is 0.170 e. The van der Waals surface area contributed by atoms with Crippen LogP contribution in [0, 0.1) is 5.82 Å². The van der Waals surface area contributed by atoms with Gasteiger partial charge < -0.3 is 9.84 Å². The number of nitrogens with two attached hydrogens (primary N) is 1. The van der Waals surface area contributed by atoms with Crippen molar-refractivity contribution >= 4 is 11.0 Å². The average molecular weight is 221 g/mol. The molecule has 16 heavy (non-hydrogen) atoms. The molecule has 3 nitrogen and oxygen atoms in total. The standard InChI is InChI=1S/C12H13FN2O/c13-9-1-2-10-11(7-9)16-15-12(10)8-3-5-14-6-4-8/h1-2,7-8,14H,3-6H2/p+1. The first-order valence-electron chi connectivity index (χ1n) is 5.71. The Labute approximate surface area is 92.6 Å². The van der Waals surface area contributed by atoms with Crippen LogP contribution >= 0.6 is 0 Å². The van der Waals surface area contributed by atoms with E-state index in [-0.39, 0.29) is 5.82 Å². The molecule has 1 aliphatic rings. The largest absolute Gasteiger partial charge is 0.356 e. The van der Waals surface area contributed by atoms with Crippen molar-refractivity contribution in [3.8, 4) is 0 Å². The molecule has 0 amide bonds. The fraction of sp³-hybridized carbons (Fsp3) is 0.417. The third-order valence-corrected chi connectivity index (χ3v) is 3.29. The van der Waals surface area contributed by atoms with Crippen molar-refractivity contribution in [1.29, 1.82) is 0 Å². The molecule has 0 atom stereocenters. The van der Waals surface area contributed by atoms with Gasteiger partial charge in [-0.3, -0.25) is 0 Å². The van der Waals surface area contributed by atoms with Crippen LogP contribution in [0.4, 0.5) is 4.39 Å². The highest BCUT2D eigenvalue weighted by molar-refractivity contribution is 5.79. The molecule has 1 saturated heterocycles. The minimum atomic E-state index is -0.271. The molecule has 84 valence electrons. The molecule has 0 radical (unpaired) electrons. The maximum absolute atomic E-state index is 13.0. The Morgan fingerprint density at radius 2 is 2.12 bits per heavy atom. The number of aromatic nitrogens is 1. The van der Waals surface area contributed by atoms with Gasteiger partial charge in [-0.15, -0.1) is 0 Å². The maximum atomic E-state index is 13.0. The molecule has 1 fully saturated rings. The van der Waals surface area contributed by atoms with Gasteiger partial charge in [0.15, 0.2) is 5.58 Å². The van der Waals surface area contributed by atoms with E-state index in [1.807, 2.05) is 0 Å².